The van der Waals surface area contributed by atoms with Crippen LogP contribution in [-0.2, 0) is 0 Å². The Morgan fingerprint density at radius 2 is 1.95 bits per heavy atom. The van der Waals surface area contributed by atoms with Gasteiger partial charge in [-0.2, -0.15) is 0 Å². The maximum atomic E-state index is 12.2. The van der Waals surface area contributed by atoms with Crippen LogP contribution in [0, 0.1) is 0 Å². The third-order valence-corrected chi connectivity index (χ3v) is 4.74. The summed E-state index contributed by atoms with van der Waals surface area (Å²) >= 11 is 12.4. The first-order chi connectivity index (χ1) is 10.6. The van der Waals surface area contributed by atoms with Crippen LogP contribution >= 0.6 is 35.6 Å². The third-order valence-electron chi connectivity index (χ3n) is 3.08. The molecule has 1 heterocycles. The molecule has 0 radical (unpaired) electrons. The van der Waals surface area contributed by atoms with Crippen molar-refractivity contribution >= 4 is 57.6 Å². The molecule has 1 aliphatic heterocycles. The van der Waals surface area contributed by atoms with Crippen LogP contribution in [0.1, 0.15) is 5.56 Å². The summed E-state index contributed by atoms with van der Waals surface area (Å²) < 4.78 is 0. The van der Waals surface area contributed by atoms with E-state index in [0.717, 1.165) is 11.8 Å². The Balaban J connectivity index is 1.97. The number of halogens is 1. The van der Waals surface area contributed by atoms with Crippen molar-refractivity contribution in [2.45, 2.75) is 0 Å². The lowest BCUT2D eigenvalue weighted by Gasteiger charge is -2.14. The van der Waals surface area contributed by atoms with Gasteiger partial charge in [0.2, 0.25) is 0 Å². The molecule has 110 valence electrons. The number of benzene rings is 2. The van der Waals surface area contributed by atoms with Crippen molar-refractivity contribution in [2.24, 2.45) is 0 Å². The lowest BCUT2D eigenvalue weighted by Crippen LogP contribution is -2.26. The van der Waals surface area contributed by atoms with Gasteiger partial charge in [0, 0.05) is 10.6 Å². The molecule has 6 heteroatoms. The standard InChI is InChI=1S/C16H10ClNO2S2/c17-11-5-3-6-12(9-11)18-15(21)14(22-16(18)20)8-10-4-1-2-7-13(10)19/h1-9,19H. The number of carbonyl (C=O) groups excluding carboxylic acids is 1. The van der Waals surface area contributed by atoms with Crippen molar-refractivity contribution in [2.75, 3.05) is 4.90 Å². The number of aromatic hydroxyl groups is 1. The Labute approximate surface area is 142 Å². The number of rotatable bonds is 2. The van der Waals surface area contributed by atoms with Crippen LogP contribution in [0.4, 0.5) is 10.5 Å². The van der Waals surface area contributed by atoms with Crippen molar-refractivity contribution < 1.29 is 9.90 Å². The molecule has 2 aromatic rings. The van der Waals surface area contributed by atoms with Gasteiger partial charge in [-0.3, -0.25) is 9.69 Å². The molecule has 1 saturated heterocycles. The van der Waals surface area contributed by atoms with Crippen LogP contribution < -0.4 is 4.90 Å². The molecule has 1 amide bonds. The molecule has 3 nitrogen and oxygen atoms in total. The van der Waals surface area contributed by atoms with Gasteiger partial charge in [-0.1, -0.05) is 48.1 Å². The largest absolute Gasteiger partial charge is 0.507 e. The van der Waals surface area contributed by atoms with E-state index in [-0.39, 0.29) is 11.0 Å². The van der Waals surface area contributed by atoms with Gasteiger partial charge in [-0.25, -0.2) is 0 Å². The van der Waals surface area contributed by atoms with Gasteiger partial charge in [-0.15, -0.1) is 0 Å². The van der Waals surface area contributed by atoms with Crippen LogP contribution in [0.3, 0.4) is 0 Å². The summed E-state index contributed by atoms with van der Waals surface area (Å²) in [5.41, 5.74) is 1.25. The molecule has 0 saturated carbocycles. The van der Waals surface area contributed by atoms with E-state index in [0.29, 0.717) is 26.2 Å². The summed E-state index contributed by atoms with van der Waals surface area (Å²) in [4.78, 5) is 14.7. The molecule has 0 spiro atoms. The van der Waals surface area contributed by atoms with Crippen LogP contribution in [0.15, 0.2) is 53.4 Å². The second-order valence-corrected chi connectivity index (χ2v) is 6.37. The second kappa shape index (κ2) is 6.12. The molecule has 0 unspecified atom stereocenters. The van der Waals surface area contributed by atoms with E-state index in [2.05, 4.69) is 0 Å². The Bertz CT molecular complexity index is 804. The first-order valence-corrected chi connectivity index (χ1v) is 7.98. The number of phenolic OH excluding ortho intramolecular Hbond substituents is 1. The summed E-state index contributed by atoms with van der Waals surface area (Å²) in [5, 5.41) is 10.2. The second-order valence-electron chi connectivity index (χ2n) is 4.56. The minimum atomic E-state index is -0.186. The van der Waals surface area contributed by atoms with Gasteiger partial charge in [0.1, 0.15) is 10.7 Å². The molecule has 1 fully saturated rings. The lowest BCUT2D eigenvalue weighted by molar-refractivity contribution is 0.268. The average Bonchev–Trinajstić information content (AvgIpc) is 2.76. The molecule has 1 N–H and O–H groups in total. The average molecular weight is 348 g/mol. The highest BCUT2D eigenvalue weighted by molar-refractivity contribution is 8.20. The molecule has 2 aromatic carbocycles. The zero-order valence-electron chi connectivity index (χ0n) is 11.2. The minimum Gasteiger partial charge on any atom is -0.507 e. The lowest BCUT2D eigenvalue weighted by atomic mass is 10.2. The minimum absolute atomic E-state index is 0.145. The predicted octanol–water partition coefficient (Wildman–Crippen LogP) is 5.09. The number of thiocarbonyl (C=S) groups is 1. The predicted molar refractivity (Wildman–Crippen MR) is 95.6 cm³/mol. The van der Waals surface area contributed by atoms with E-state index >= 15 is 0 Å². The van der Waals surface area contributed by atoms with Crippen LogP contribution in [0.5, 0.6) is 5.75 Å². The van der Waals surface area contributed by atoms with E-state index < -0.39 is 0 Å². The molecule has 0 atom stereocenters. The van der Waals surface area contributed by atoms with Crippen molar-refractivity contribution in [1.29, 1.82) is 0 Å². The Kier molecular flexibility index (Phi) is 4.20. The van der Waals surface area contributed by atoms with Crippen molar-refractivity contribution in [1.82, 2.24) is 0 Å². The van der Waals surface area contributed by atoms with Crippen molar-refractivity contribution in [3.8, 4) is 5.75 Å². The number of thioether (sulfide) groups is 1. The van der Waals surface area contributed by atoms with E-state index in [1.807, 2.05) is 6.07 Å². The van der Waals surface area contributed by atoms with Gasteiger partial charge >= 0.3 is 0 Å². The SMILES string of the molecule is O=C1SC(=Cc2ccccc2O)C(=S)N1c1cccc(Cl)c1. The molecular weight excluding hydrogens is 338 g/mol. The number of nitrogens with zero attached hydrogens (tertiary/aromatic N) is 1. The Morgan fingerprint density at radius 1 is 1.18 bits per heavy atom. The zero-order chi connectivity index (χ0) is 15.7. The topological polar surface area (TPSA) is 40.5 Å². The van der Waals surface area contributed by atoms with Gasteiger partial charge < -0.3 is 5.11 Å². The third kappa shape index (κ3) is 2.88. The molecule has 0 aromatic heterocycles. The highest BCUT2D eigenvalue weighted by Crippen LogP contribution is 2.38. The molecule has 0 bridgehead atoms. The summed E-state index contributed by atoms with van der Waals surface area (Å²) in [6.45, 7) is 0. The molecule has 1 aliphatic rings. The summed E-state index contributed by atoms with van der Waals surface area (Å²) in [6, 6.07) is 13.9. The maximum Gasteiger partial charge on any atom is 0.296 e. The zero-order valence-corrected chi connectivity index (χ0v) is 13.6. The normalized spacial score (nSPS) is 16.6. The van der Waals surface area contributed by atoms with Crippen molar-refractivity contribution in [3.05, 3.63) is 64.0 Å². The fraction of sp³-hybridized carbons (Fsp3) is 0. The van der Waals surface area contributed by atoms with Crippen LogP contribution in [-0.4, -0.2) is 15.3 Å². The number of hydrogen-bond acceptors (Lipinski definition) is 4. The number of hydrogen-bond donors (Lipinski definition) is 1. The smallest absolute Gasteiger partial charge is 0.296 e. The van der Waals surface area contributed by atoms with Gasteiger partial charge in [0.15, 0.2) is 0 Å². The summed E-state index contributed by atoms with van der Waals surface area (Å²) in [6.07, 6.45) is 1.71. The number of anilines is 1. The van der Waals surface area contributed by atoms with E-state index in [1.165, 1.54) is 4.90 Å². The number of carbonyl (C=O) groups is 1. The summed E-state index contributed by atoms with van der Waals surface area (Å²) in [5.74, 6) is 0.145. The van der Waals surface area contributed by atoms with Gasteiger partial charge in [0.05, 0.1) is 10.6 Å². The van der Waals surface area contributed by atoms with E-state index in [9.17, 15) is 9.90 Å². The first-order valence-electron chi connectivity index (χ1n) is 6.38. The molecule has 3 rings (SSSR count). The summed E-state index contributed by atoms with van der Waals surface area (Å²) in [7, 11) is 0. The number of amides is 1. The van der Waals surface area contributed by atoms with E-state index in [1.54, 1.807) is 48.5 Å². The highest BCUT2D eigenvalue weighted by atomic mass is 35.5. The molecule has 0 aliphatic carbocycles. The van der Waals surface area contributed by atoms with E-state index in [4.69, 9.17) is 23.8 Å². The quantitative estimate of drug-likeness (QED) is 0.607. The first kappa shape index (κ1) is 15.1. The number of para-hydroxylation sites is 1. The number of phenols is 1. The Hall–Kier alpha value is -1.82. The van der Waals surface area contributed by atoms with Crippen LogP contribution in [0.2, 0.25) is 5.02 Å². The maximum absolute atomic E-state index is 12.2. The fourth-order valence-electron chi connectivity index (χ4n) is 2.06. The van der Waals surface area contributed by atoms with Gasteiger partial charge in [-0.05, 0) is 42.1 Å². The van der Waals surface area contributed by atoms with Crippen molar-refractivity contribution in [3.63, 3.8) is 0 Å². The fourth-order valence-corrected chi connectivity index (χ4v) is 3.51. The highest BCUT2D eigenvalue weighted by Gasteiger charge is 2.33. The monoisotopic (exact) mass is 347 g/mol. The van der Waals surface area contributed by atoms with Gasteiger partial charge in [0.25, 0.3) is 5.24 Å². The molecular formula is C16H10ClNO2S2. The Morgan fingerprint density at radius 3 is 2.68 bits per heavy atom. The molecule has 22 heavy (non-hydrogen) atoms. The van der Waals surface area contributed by atoms with Crippen LogP contribution in [0.25, 0.3) is 6.08 Å².